The maximum Gasteiger partial charge on any atom is 0.148 e. The van der Waals surface area contributed by atoms with Crippen molar-refractivity contribution in [1.29, 1.82) is 0 Å². The van der Waals surface area contributed by atoms with Gasteiger partial charge in [0.2, 0.25) is 0 Å². The van der Waals surface area contributed by atoms with Gasteiger partial charge in [0.15, 0.2) is 0 Å². The van der Waals surface area contributed by atoms with Crippen molar-refractivity contribution in [2.45, 2.75) is 0 Å². The number of nitrogens with zero attached hydrogens (tertiary/aromatic N) is 1. The summed E-state index contributed by atoms with van der Waals surface area (Å²) < 4.78 is 0.500. The van der Waals surface area contributed by atoms with Gasteiger partial charge in [-0.15, -0.1) is 0 Å². The molecule has 1 nitrogen and oxygen atoms in total. The highest BCUT2D eigenvalue weighted by molar-refractivity contribution is 6.30. The quantitative estimate of drug-likeness (QED) is 0.329. The van der Waals surface area contributed by atoms with E-state index >= 15 is 0 Å². The number of para-hydroxylation sites is 3. The lowest BCUT2D eigenvalue weighted by Crippen LogP contribution is -2.33. The standard InChI is InChI=1S/C24H19ClN/c25-20-16-18-24(19-17-20)26(21-10-4-1-5-11-21,22-12-6-2-7-13-22)23-14-8-3-9-15-23/h1-19H/q+1. The zero-order valence-electron chi connectivity index (χ0n) is 14.3. The predicted molar refractivity (Wildman–Crippen MR) is 112 cm³/mol. The highest BCUT2D eigenvalue weighted by Crippen LogP contribution is 2.51. The molecule has 0 aliphatic heterocycles. The Balaban J connectivity index is 2.12. The SMILES string of the molecule is Clc1ccc([N+](c2ccccc2)(c2ccccc2)c2ccccc2)cc1. The molecule has 0 radical (unpaired) electrons. The van der Waals surface area contributed by atoms with E-state index in [0.717, 1.165) is 10.7 Å². The number of quaternary nitrogens is 1. The Labute approximate surface area is 159 Å². The molecule has 4 rings (SSSR count). The van der Waals surface area contributed by atoms with Crippen LogP contribution >= 0.6 is 11.6 Å². The topological polar surface area (TPSA) is 0 Å². The van der Waals surface area contributed by atoms with E-state index < -0.39 is 0 Å². The van der Waals surface area contributed by atoms with Crippen molar-refractivity contribution in [3.8, 4) is 0 Å². The second-order valence-electron chi connectivity index (χ2n) is 6.15. The minimum Gasteiger partial charge on any atom is -0.194 e. The van der Waals surface area contributed by atoms with Crippen LogP contribution in [0.15, 0.2) is 115 Å². The molecule has 0 spiro atoms. The van der Waals surface area contributed by atoms with Crippen molar-refractivity contribution in [3.63, 3.8) is 0 Å². The summed E-state index contributed by atoms with van der Waals surface area (Å²) in [6, 6.07) is 39.9. The molecule has 26 heavy (non-hydrogen) atoms. The Hall–Kier alpha value is -2.87. The molecule has 0 aliphatic carbocycles. The Kier molecular flexibility index (Phi) is 4.57. The van der Waals surface area contributed by atoms with Crippen LogP contribution in [-0.2, 0) is 0 Å². The molecule has 0 heterocycles. The molecule has 0 amide bonds. The van der Waals surface area contributed by atoms with Gasteiger partial charge in [-0.25, -0.2) is 0 Å². The van der Waals surface area contributed by atoms with Crippen LogP contribution < -0.4 is 4.48 Å². The number of hydrogen-bond acceptors (Lipinski definition) is 0. The molecular weight excluding hydrogens is 338 g/mol. The second kappa shape index (κ2) is 7.17. The van der Waals surface area contributed by atoms with Gasteiger partial charge in [-0.3, -0.25) is 0 Å². The third-order valence-corrected chi connectivity index (χ3v) is 4.90. The van der Waals surface area contributed by atoms with E-state index in [1.807, 2.05) is 12.1 Å². The number of hydrogen-bond donors (Lipinski definition) is 0. The molecule has 126 valence electrons. The van der Waals surface area contributed by atoms with Gasteiger partial charge in [-0.05, 0) is 12.1 Å². The molecule has 0 unspecified atom stereocenters. The van der Waals surface area contributed by atoms with Gasteiger partial charge in [-0.2, -0.15) is 4.48 Å². The fourth-order valence-corrected chi connectivity index (χ4v) is 3.64. The first-order chi connectivity index (χ1) is 12.8. The van der Waals surface area contributed by atoms with Crippen LogP contribution in [0.4, 0.5) is 22.7 Å². The average molecular weight is 357 g/mol. The molecule has 4 aromatic rings. The molecular formula is C24H19ClN+. The van der Waals surface area contributed by atoms with Crippen molar-refractivity contribution < 1.29 is 0 Å². The van der Waals surface area contributed by atoms with Crippen molar-refractivity contribution in [2.75, 3.05) is 0 Å². The van der Waals surface area contributed by atoms with Gasteiger partial charge in [0.25, 0.3) is 0 Å². The van der Waals surface area contributed by atoms with E-state index in [1.54, 1.807) is 0 Å². The number of rotatable bonds is 4. The molecule has 2 heteroatoms. The van der Waals surface area contributed by atoms with E-state index in [9.17, 15) is 0 Å². The lowest BCUT2D eigenvalue weighted by molar-refractivity contribution is 0.704. The fraction of sp³-hybridized carbons (Fsp3) is 0. The molecule has 0 saturated carbocycles. The first kappa shape index (κ1) is 16.6. The van der Waals surface area contributed by atoms with E-state index in [0.29, 0.717) is 4.48 Å². The minimum absolute atomic E-state index is 0.500. The van der Waals surface area contributed by atoms with Crippen LogP contribution in [0, 0.1) is 0 Å². The van der Waals surface area contributed by atoms with Crippen LogP contribution in [0.1, 0.15) is 0 Å². The van der Waals surface area contributed by atoms with Gasteiger partial charge < -0.3 is 0 Å². The smallest absolute Gasteiger partial charge is 0.148 e. The summed E-state index contributed by atoms with van der Waals surface area (Å²) in [4.78, 5) is 0. The second-order valence-corrected chi connectivity index (χ2v) is 6.59. The minimum atomic E-state index is 0.500. The lowest BCUT2D eigenvalue weighted by atomic mass is 10.1. The average Bonchev–Trinajstić information content (AvgIpc) is 2.72. The van der Waals surface area contributed by atoms with Gasteiger partial charge in [0.1, 0.15) is 22.7 Å². The predicted octanol–water partition coefficient (Wildman–Crippen LogP) is 7.64. The molecule has 0 fully saturated rings. The van der Waals surface area contributed by atoms with Crippen molar-refractivity contribution in [2.24, 2.45) is 0 Å². The Morgan fingerprint density at radius 1 is 0.385 bits per heavy atom. The van der Waals surface area contributed by atoms with Crippen LogP contribution in [-0.4, -0.2) is 0 Å². The van der Waals surface area contributed by atoms with E-state index in [2.05, 4.69) is 103 Å². The van der Waals surface area contributed by atoms with Crippen molar-refractivity contribution >= 4 is 34.4 Å². The summed E-state index contributed by atoms with van der Waals surface area (Å²) in [5.41, 5.74) is 4.66. The Bertz CT molecular complexity index is 868. The maximum atomic E-state index is 6.19. The fourth-order valence-electron chi connectivity index (χ4n) is 3.51. The van der Waals surface area contributed by atoms with Crippen LogP contribution in [0.2, 0.25) is 5.02 Å². The molecule has 0 aliphatic rings. The molecule has 0 atom stereocenters. The molecule has 0 saturated heterocycles. The van der Waals surface area contributed by atoms with E-state index in [4.69, 9.17) is 11.6 Å². The van der Waals surface area contributed by atoms with E-state index in [-0.39, 0.29) is 0 Å². The number of halogens is 1. The van der Waals surface area contributed by atoms with Crippen LogP contribution in [0.3, 0.4) is 0 Å². The van der Waals surface area contributed by atoms with Gasteiger partial charge in [-0.1, -0.05) is 66.2 Å². The summed E-state index contributed by atoms with van der Waals surface area (Å²) in [5.74, 6) is 0. The highest BCUT2D eigenvalue weighted by atomic mass is 35.5. The lowest BCUT2D eigenvalue weighted by Gasteiger charge is -2.37. The summed E-state index contributed by atoms with van der Waals surface area (Å²) in [5, 5.41) is 0.737. The molecule has 4 aromatic carbocycles. The summed E-state index contributed by atoms with van der Waals surface area (Å²) in [6.45, 7) is 0. The summed E-state index contributed by atoms with van der Waals surface area (Å²) >= 11 is 6.19. The monoisotopic (exact) mass is 356 g/mol. The van der Waals surface area contributed by atoms with Crippen molar-refractivity contribution in [3.05, 3.63) is 120 Å². The maximum absolute atomic E-state index is 6.19. The molecule has 0 bridgehead atoms. The zero-order chi connectivity index (χ0) is 17.8. The third-order valence-electron chi connectivity index (χ3n) is 4.64. The van der Waals surface area contributed by atoms with Gasteiger partial charge in [0.05, 0.1) is 0 Å². The highest BCUT2D eigenvalue weighted by Gasteiger charge is 2.38. The van der Waals surface area contributed by atoms with Crippen LogP contribution in [0.5, 0.6) is 0 Å². The normalized spacial score (nSPS) is 11.3. The Morgan fingerprint density at radius 3 is 1.04 bits per heavy atom. The van der Waals surface area contributed by atoms with Gasteiger partial charge >= 0.3 is 0 Å². The molecule has 0 N–H and O–H groups in total. The van der Waals surface area contributed by atoms with E-state index in [1.165, 1.54) is 17.1 Å². The first-order valence-corrected chi connectivity index (χ1v) is 9.01. The van der Waals surface area contributed by atoms with Gasteiger partial charge in [0, 0.05) is 53.6 Å². The zero-order valence-corrected chi connectivity index (χ0v) is 15.1. The first-order valence-electron chi connectivity index (χ1n) is 8.64. The number of benzene rings is 4. The third kappa shape index (κ3) is 2.82. The summed E-state index contributed by atoms with van der Waals surface area (Å²) in [7, 11) is 0. The van der Waals surface area contributed by atoms with Crippen LogP contribution in [0.25, 0.3) is 0 Å². The largest absolute Gasteiger partial charge is 0.194 e. The Morgan fingerprint density at radius 2 is 0.692 bits per heavy atom. The van der Waals surface area contributed by atoms with Crippen molar-refractivity contribution in [1.82, 2.24) is 4.48 Å². The molecule has 0 aromatic heterocycles. The summed E-state index contributed by atoms with van der Waals surface area (Å²) in [6.07, 6.45) is 0.